The van der Waals surface area contributed by atoms with Crippen molar-refractivity contribution >= 4 is 140 Å². The molecule has 5 heterocycles. The van der Waals surface area contributed by atoms with Gasteiger partial charge in [0.25, 0.3) is 0 Å². The van der Waals surface area contributed by atoms with Gasteiger partial charge in [0.2, 0.25) is 100 Å². The number of carbonyl (C=O) groups excluding carboxylic acids is 17. The molecule has 41 nitrogen and oxygen atoms in total. The van der Waals surface area contributed by atoms with Gasteiger partial charge in [0.1, 0.15) is 78.5 Å². The highest BCUT2D eigenvalue weighted by Crippen LogP contribution is 2.26. The molecule has 722 valence electrons. The monoisotopic (exact) mass is 1860 g/mol. The molecular formula is C91H130N24O17S. The number of thioether (sulfide) groups is 1. The topological polar surface area (TPSA) is 610 Å². The highest BCUT2D eigenvalue weighted by atomic mass is 32.2. The van der Waals surface area contributed by atoms with Gasteiger partial charge < -0.3 is 116 Å². The number of nitrogens with one attached hydrogen (secondary N) is 16. The Morgan fingerprint density at radius 2 is 1.03 bits per heavy atom. The number of benzene rings is 3. The summed E-state index contributed by atoms with van der Waals surface area (Å²) in [5.74, 6) is -16.7. The van der Waals surface area contributed by atoms with E-state index in [1.807, 2.05) is 26.0 Å². The van der Waals surface area contributed by atoms with Gasteiger partial charge in [0.05, 0.1) is 31.6 Å². The summed E-state index contributed by atoms with van der Waals surface area (Å²) in [6.07, 6.45) is 6.46. The Morgan fingerprint density at radius 1 is 0.511 bits per heavy atom. The fourth-order valence-electron chi connectivity index (χ4n) is 16.1. The molecule has 3 aromatic carbocycles. The lowest BCUT2D eigenvalue weighted by molar-refractivity contribution is -0.149. The standard InChI is InChI=1S/C91H130N24O17S/c1-11-13-31-71-85(127)107-64(37-52(5)6)82(124)111-70(80(122)100-46-75(93)117)48-133-49-77(119)104-67(38-54-24-16-15-17-25-54)87(129)112(8)53(7)78(120)109-69(42-74(92)116)89(131)115-35-23-33-72(115)86(128)108-66(41-57-45-96-50-102-57)84(126)106-63(36-51(3)4)79(121)101-47-76(118)103-65(39-55-43-98-60-28-20-18-26-58(55)60)83(125)105-62(30-22-34-97-91(94)95)81(123)110-68(40-56-44-99-61-29-21-19-27-59(56)61)88(130)114(10)73(32-14-12-2)90(132)113(71)9/h15-21,24-29,43-45,50-53,62-73,98-99H,11-14,22-23,30-42,46-49H2,1-10H3,(H2,92,116)(H2,93,117)(H,96,102)(H,100,122)(H,101,121)(H,103,118)(H,104,119)(H,105,125)(H,106,126)(H,107,127)(H,108,128)(H,109,120)(H,110,123)(H,111,124)(H4,94,95,97)/t53-,62-,63-,64-,65-,66-,67-,68-,69-,70-,71-,72-,73-/m0/s1. The third-order valence-corrected chi connectivity index (χ3v) is 24.4. The van der Waals surface area contributed by atoms with Gasteiger partial charge in [-0.3, -0.25) is 86.9 Å². The second-order valence-electron chi connectivity index (χ2n) is 34.6. The smallest absolute Gasteiger partial charge is 0.246 e. The van der Waals surface area contributed by atoms with Crippen LogP contribution in [-0.4, -0.2) is 283 Å². The maximum absolute atomic E-state index is 15.9. The molecule has 17 amide bonds. The van der Waals surface area contributed by atoms with Crippen LogP contribution in [-0.2, 0) is 107 Å². The second-order valence-corrected chi connectivity index (χ2v) is 35.7. The first-order valence-electron chi connectivity index (χ1n) is 45.1. The summed E-state index contributed by atoms with van der Waals surface area (Å²) in [6, 6.07) is 3.94. The van der Waals surface area contributed by atoms with E-state index < -0.39 is 210 Å². The van der Waals surface area contributed by atoms with Gasteiger partial charge in [0.15, 0.2) is 5.96 Å². The zero-order chi connectivity index (χ0) is 97.3. The van der Waals surface area contributed by atoms with Crippen LogP contribution in [0.1, 0.15) is 154 Å². The molecule has 0 spiro atoms. The van der Waals surface area contributed by atoms with Crippen LogP contribution in [0.15, 0.2) is 104 Å². The third kappa shape index (κ3) is 31.4. The van der Waals surface area contributed by atoms with Crippen LogP contribution in [0.3, 0.4) is 0 Å². The average molecular weight is 1860 g/mol. The van der Waals surface area contributed by atoms with E-state index in [4.69, 9.17) is 22.6 Å². The number of hydrogen-bond acceptors (Lipinski definition) is 20. The molecule has 2 aliphatic rings. The predicted octanol–water partition coefficient (Wildman–Crippen LogP) is -0.426. The van der Waals surface area contributed by atoms with Gasteiger partial charge in [-0.2, -0.15) is 0 Å². The van der Waals surface area contributed by atoms with Gasteiger partial charge in [-0.05, 0) is 98.9 Å². The number of likely N-dealkylation sites (N-methyl/N-ethyl adjacent to an activating group) is 3. The fraction of sp³-hybridized carbons (Fsp3) is 0.527. The Morgan fingerprint density at radius 3 is 1.62 bits per heavy atom. The van der Waals surface area contributed by atoms with Crippen molar-refractivity contribution in [2.75, 3.05) is 58.8 Å². The molecule has 8 rings (SSSR count). The van der Waals surface area contributed by atoms with Crippen LogP contribution in [0.5, 0.6) is 0 Å². The maximum atomic E-state index is 15.9. The number of fused-ring (bicyclic) bond motifs is 3. The van der Waals surface area contributed by atoms with Crippen molar-refractivity contribution in [1.29, 1.82) is 5.41 Å². The number of unbranched alkanes of at least 4 members (excludes halogenated alkanes) is 2. The van der Waals surface area contributed by atoms with Gasteiger partial charge >= 0.3 is 0 Å². The van der Waals surface area contributed by atoms with Gasteiger partial charge in [-0.1, -0.05) is 134 Å². The van der Waals surface area contributed by atoms with Crippen molar-refractivity contribution in [3.05, 3.63) is 126 Å². The number of H-pyrrole nitrogens is 3. The van der Waals surface area contributed by atoms with Crippen molar-refractivity contribution in [2.24, 2.45) is 29.0 Å². The Kier molecular flexibility index (Phi) is 40.5. The summed E-state index contributed by atoms with van der Waals surface area (Å²) in [7, 11) is 4.07. The zero-order valence-electron chi connectivity index (χ0n) is 77.1. The normalized spacial score (nSPS) is 23.4. The van der Waals surface area contributed by atoms with Gasteiger partial charge in [-0.25, -0.2) is 4.98 Å². The Balaban J connectivity index is 1.19. The fourth-order valence-corrected chi connectivity index (χ4v) is 16.9. The molecular weight excluding hydrogens is 1730 g/mol. The lowest BCUT2D eigenvalue weighted by Crippen LogP contribution is -2.61. The average Bonchev–Trinajstić information content (AvgIpc) is 1.72. The van der Waals surface area contributed by atoms with E-state index in [1.54, 1.807) is 107 Å². The Hall–Kier alpha value is -13.4. The minimum Gasteiger partial charge on any atom is -0.370 e. The van der Waals surface area contributed by atoms with E-state index in [1.165, 1.54) is 50.4 Å². The number of primary amides is 2. The van der Waals surface area contributed by atoms with Crippen LogP contribution < -0.4 is 81.0 Å². The second kappa shape index (κ2) is 51.4. The maximum Gasteiger partial charge on any atom is 0.246 e. The molecule has 0 aliphatic carbocycles. The molecule has 0 bridgehead atoms. The number of nitrogens with zero attached hydrogens (tertiary/aromatic N) is 5. The minimum atomic E-state index is -1.73. The van der Waals surface area contributed by atoms with E-state index in [0.717, 1.165) is 21.6 Å². The van der Waals surface area contributed by atoms with Crippen molar-refractivity contribution in [3.63, 3.8) is 0 Å². The lowest BCUT2D eigenvalue weighted by atomic mass is 9.99. The molecule has 13 atom stereocenters. The molecule has 133 heavy (non-hydrogen) atoms. The van der Waals surface area contributed by atoms with E-state index in [9.17, 15) is 57.5 Å². The molecule has 0 unspecified atom stereocenters. The van der Waals surface area contributed by atoms with Crippen molar-refractivity contribution in [3.8, 4) is 0 Å². The van der Waals surface area contributed by atoms with E-state index in [2.05, 4.69) is 83.7 Å². The number of para-hydroxylation sites is 2. The molecule has 2 fully saturated rings. The van der Waals surface area contributed by atoms with E-state index in [0.29, 0.717) is 69.9 Å². The number of guanidine groups is 1. The third-order valence-electron chi connectivity index (χ3n) is 23.3. The minimum absolute atomic E-state index is 0.0209. The molecule has 2 saturated heterocycles. The number of imidazole rings is 1. The van der Waals surface area contributed by atoms with Crippen molar-refractivity contribution in [2.45, 2.75) is 236 Å². The first-order chi connectivity index (χ1) is 63.4. The number of aromatic amines is 3. The van der Waals surface area contributed by atoms with Gasteiger partial charge in [-0.15, -0.1) is 11.8 Å². The zero-order valence-corrected chi connectivity index (χ0v) is 77.9. The quantitative estimate of drug-likeness (QED) is 0.0177. The number of carbonyl (C=O) groups is 17. The van der Waals surface area contributed by atoms with Crippen LogP contribution in [0.4, 0.5) is 0 Å². The SMILES string of the molecule is CCCC[C@H]1C(=O)N(C)[C@@H](CCCC)C(=O)N[C@@H](CC(C)C)C(=O)N[C@H](C(=O)NCC(N)=O)CSCC(=O)N[C@@H](Cc2ccccc2)C(=O)N(C)[C@@H](C)C(=O)N[C@@H](CC(N)=O)C(=O)N2CCC[C@H]2C(=O)N[C@@H](Cc2cnc[nH]2)C(=O)N[C@@H](CC(C)C)C(=O)NCC(=O)N[C@@H](Cc2c[nH]c3ccccc23)C(=O)N[C@@H](CCCNC(=N)N)C(=O)N[C@@H](Cc2c[nH]c3ccccc23)C(=O)N1C. The van der Waals surface area contributed by atoms with Crippen LogP contribution in [0.2, 0.25) is 0 Å². The van der Waals surface area contributed by atoms with Crippen LogP contribution in [0, 0.1) is 17.2 Å². The first-order valence-corrected chi connectivity index (χ1v) is 46.2. The summed E-state index contributed by atoms with van der Waals surface area (Å²) < 4.78 is 0. The number of nitrogens with two attached hydrogens (primary N) is 3. The largest absolute Gasteiger partial charge is 0.370 e. The number of amides is 17. The molecule has 42 heteroatoms. The van der Waals surface area contributed by atoms with Gasteiger partial charge in [0, 0.05) is 112 Å². The summed E-state index contributed by atoms with van der Waals surface area (Å²) >= 11 is 0.833. The highest BCUT2D eigenvalue weighted by Gasteiger charge is 2.44. The molecule has 0 saturated carbocycles. The summed E-state index contributed by atoms with van der Waals surface area (Å²) in [6.45, 7) is 10.6. The van der Waals surface area contributed by atoms with Crippen molar-refractivity contribution in [1.82, 2.24) is 103 Å². The molecule has 22 N–H and O–H groups in total. The number of aromatic nitrogens is 4. The molecule has 6 aromatic rings. The first kappa shape index (κ1) is 105. The highest BCUT2D eigenvalue weighted by molar-refractivity contribution is 8.00. The summed E-state index contributed by atoms with van der Waals surface area (Å²) in [5, 5.41) is 41.7. The van der Waals surface area contributed by atoms with Crippen molar-refractivity contribution < 1.29 is 81.5 Å². The van der Waals surface area contributed by atoms with E-state index >= 15 is 24.0 Å². The number of hydrogen-bond donors (Lipinski definition) is 19. The summed E-state index contributed by atoms with van der Waals surface area (Å²) in [5.41, 5.74) is 20.3. The summed E-state index contributed by atoms with van der Waals surface area (Å²) in [4.78, 5) is 267. The Bertz CT molecular complexity index is 5060. The van der Waals surface area contributed by atoms with Crippen LogP contribution in [0.25, 0.3) is 21.8 Å². The van der Waals surface area contributed by atoms with Crippen LogP contribution >= 0.6 is 11.8 Å². The molecule has 2 aliphatic heterocycles. The van der Waals surface area contributed by atoms with E-state index in [-0.39, 0.29) is 108 Å². The molecule has 0 radical (unpaired) electrons. The predicted molar refractivity (Wildman–Crippen MR) is 497 cm³/mol. The number of rotatable bonds is 27. The molecule has 3 aromatic heterocycles. The Labute approximate surface area is 776 Å². The lowest BCUT2D eigenvalue weighted by Gasteiger charge is -2.36.